The Morgan fingerprint density at radius 3 is 2.62 bits per heavy atom. The van der Waals surface area contributed by atoms with Crippen molar-refractivity contribution in [2.45, 2.75) is 13.0 Å². The van der Waals surface area contributed by atoms with E-state index >= 15 is 0 Å². The van der Waals surface area contributed by atoms with Crippen molar-refractivity contribution >= 4 is 17.4 Å². The fourth-order valence-corrected chi connectivity index (χ4v) is 4.14. The van der Waals surface area contributed by atoms with Crippen LogP contribution < -0.4 is 4.74 Å². The zero-order valence-electron chi connectivity index (χ0n) is 18.1. The Hall–Kier alpha value is -3.23. The maximum atomic E-state index is 13.1. The van der Waals surface area contributed by atoms with Gasteiger partial charge in [0.25, 0.3) is 11.7 Å². The van der Waals surface area contributed by atoms with Gasteiger partial charge in [-0.05, 0) is 36.8 Å². The first kappa shape index (κ1) is 22.0. The second-order valence-corrected chi connectivity index (χ2v) is 7.69. The van der Waals surface area contributed by atoms with Gasteiger partial charge in [0.15, 0.2) is 0 Å². The third-order valence-corrected chi connectivity index (χ3v) is 5.74. The molecule has 2 aliphatic rings. The quantitative estimate of drug-likeness (QED) is 0.403. The summed E-state index contributed by atoms with van der Waals surface area (Å²) < 4.78 is 11.0. The Kier molecular flexibility index (Phi) is 6.82. The molecule has 3 heterocycles. The number of likely N-dealkylation sites (tertiary alicyclic amines) is 1. The molecule has 168 valence electrons. The number of aliphatic hydroxyl groups excluding tert-OH is 1. The van der Waals surface area contributed by atoms with Gasteiger partial charge in [-0.25, -0.2) is 0 Å². The summed E-state index contributed by atoms with van der Waals surface area (Å²) in [5, 5.41) is 11.0. The maximum Gasteiger partial charge on any atom is 0.295 e. The topological polar surface area (TPSA) is 92.2 Å². The summed E-state index contributed by atoms with van der Waals surface area (Å²) in [7, 11) is 0. The Balaban J connectivity index is 1.73. The lowest BCUT2D eigenvalue weighted by Gasteiger charge is -2.31. The van der Waals surface area contributed by atoms with Crippen LogP contribution in [0.15, 0.2) is 54.4 Å². The third-order valence-electron chi connectivity index (χ3n) is 5.74. The molecule has 2 fully saturated rings. The molecule has 1 N–H and O–H groups in total. The van der Waals surface area contributed by atoms with E-state index in [1.54, 1.807) is 17.0 Å². The number of aliphatic hydroxyl groups is 1. The molecular weight excluding hydrogens is 410 g/mol. The number of nitrogens with zero attached hydrogens (tertiary/aromatic N) is 3. The summed E-state index contributed by atoms with van der Waals surface area (Å²) in [6.45, 7) is 6.25. The van der Waals surface area contributed by atoms with Gasteiger partial charge >= 0.3 is 0 Å². The van der Waals surface area contributed by atoms with Crippen LogP contribution in [0.2, 0.25) is 0 Å². The van der Waals surface area contributed by atoms with Crippen molar-refractivity contribution in [2.24, 2.45) is 0 Å². The molecule has 2 aliphatic heterocycles. The van der Waals surface area contributed by atoms with E-state index < -0.39 is 17.7 Å². The first-order chi connectivity index (χ1) is 15.6. The van der Waals surface area contributed by atoms with Crippen LogP contribution in [-0.4, -0.2) is 77.6 Å². The summed E-state index contributed by atoms with van der Waals surface area (Å²) in [6, 6.07) is 9.85. The number of ketones is 1. The van der Waals surface area contributed by atoms with Crippen molar-refractivity contribution in [1.82, 2.24) is 14.8 Å². The van der Waals surface area contributed by atoms with Crippen LogP contribution in [0.4, 0.5) is 0 Å². The van der Waals surface area contributed by atoms with E-state index in [9.17, 15) is 14.7 Å². The molecule has 32 heavy (non-hydrogen) atoms. The second kappa shape index (κ2) is 9.93. The predicted octanol–water partition coefficient (Wildman–Crippen LogP) is 2.23. The largest absolute Gasteiger partial charge is 0.507 e. The number of ether oxygens (including phenoxy) is 2. The maximum absolute atomic E-state index is 13.1. The third kappa shape index (κ3) is 4.51. The minimum absolute atomic E-state index is 0.0804. The van der Waals surface area contributed by atoms with Gasteiger partial charge in [0, 0.05) is 44.1 Å². The monoisotopic (exact) mass is 437 g/mol. The molecule has 0 saturated carbocycles. The summed E-state index contributed by atoms with van der Waals surface area (Å²) >= 11 is 0. The fourth-order valence-electron chi connectivity index (χ4n) is 4.14. The lowest BCUT2D eigenvalue weighted by molar-refractivity contribution is -0.140. The number of carbonyl (C=O) groups is 2. The van der Waals surface area contributed by atoms with E-state index in [1.165, 1.54) is 12.4 Å². The highest BCUT2D eigenvalue weighted by Crippen LogP contribution is 2.40. The first-order valence-corrected chi connectivity index (χ1v) is 10.8. The lowest BCUT2D eigenvalue weighted by Crippen LogP contribution is -2.42. The van der Waals surface area contributed by atoms with Crippen LogP contribution in [-0.2, 0) is 14.3 Å². The summed E-state index contributed by atoms with van der Waals surface area (Å²) in [5.41, 5.74) is 1.24. The van der Waals surface area contributed by atoms with Gasteiger partial charge in [0.1, 0.15) is 11.5 Å². The van der Waals surface area contributed by atoms with E-state index in [4.69, 9.17) is 9.47 Å². The van der Waals surface area contributed by atoms with E-state index in [1.807, 2.05) is 31.2 Å². The standard InChI is InChI=1S/C24H27N3O5/c1-2-32-19-5-3-4-18(16-19)21-20(22(28)17-6-8-25-9-7-17)23(29)24(30)27(21)11-10-26-12-14-31-15-13-26/h3-9,16,21,28H,2,10-15H2,1H3. The number of carbonyl (C=O) groups excluding carboxylic acids is 2. The summed E-state index contributed by atoms with van der Waals surface area (Å²) in [5.74, 6) is -0.854. The Labute approximate surface area is 187 Å². The highest BCUT2D eigenvalue weighted by atomic mass is 16.5. The van der Waals surface area contributed by atoms with Gasteiger partial charge in [0.2, 0.25) is 0 Å². The molecule has 2 aromatic rings. The molecule has 1 aromatic carbocycles. The predicted molar refractivity (Wildman–Crippen MR) is 118 cm³/mol. The molecule has 0 bridgehead atoms. The van der Waals surface area contributed by atoms with Crippen molar-refractivity contribution in [1.29, 1.82) is 0 Å². The molecule has 8 heteroatoms. The Morgan fingerprint density at radius 2 is 1.91 bits per heavy atom. The number of aromatic nitrogens is 1. The normalized spacial score (nSPS) is 21.2. The van der Waals surface area contributed by atoms with Crippen LogP contribution >= 0.6 is 0 Å². The van der Waals surface area contributed by atoms with Crippen molar-refractivity contribution in [2.75, 3.05) is 46.0 Å². The highest BCUT2D eigenvalue weighted by molar-refractivity contribution is 6.46. The van der Waals surface area contributed by atoms with Crippen LogP contribution in [0.1, 0.15) is 24.1 Å². The molecule has 1 amide bonds. The number of morpholine rings is 1. The smallest absolute Gasteiger partial charge is 0.295 e. The molecule has 0 aliphatic carbocycles. The first-order valence-electron chi connectivity index (χ1n) is 10.8. The van der Waals surface area contributed by atoms with Crippen molar-refractivity contribution in [3.63, 3.8) is 0 Å². The van der Waals surface area contributed by atoms with Crippen LogP contribution in [0, 0.1) is 0 Å². The van der Waals surface area contributed by atoms with Gasteiger partial charge in [-0.2, -0.15) is 0 Å². The number of pyridine rings is 1. The van der Waals surface area contributed by atoms with Gasteiger partial charge in [-0.1, -0.05) is 12.1 Å². The zero-order chi connectivity index (χ0) is 22.5. The molecule has 4 rings (SSSR count). The second-order valence-electron chi connectivity index (χ2n) is 7.69. The Bertz CT molecular complexity index is 1000. The molecule has 0 radical (unpaired) electrons. The van der Waals surface area contributed by atoms with Gasteiger partial charge in [-0.3, -0.25) is 19.5 Å². The minimum atomic E-state index is -0.704. The molecule has 2 saturated heterocycles. The van der Waals surface area contributed by atoms with Gasteiger partial charge in [0.05, 0.1) is 31.4 Å². The molecular formula is C24H27N3O5. The number of hydrogen-bond donors (Lipinski definition) is 1. The number of benzene rings is 1. The zero-order valence-corrected chi connectivity index (χ0v) is 18.1. The number of Topliss-reactive ketones (excluding diaryl/α,β-unsaturated/α-hetero) is 1. The van der Waals surface area contributed by atoms with Crippen LogP contribution in [0.3, 0.4) is 0 Å². The van der Waals surface area contributed by atoms with E-state index in [-0.39, 0.29) is 11.3 Å². The molecule has 1 unspecified atom stereocenters. The summed E-state index contributed by atoms with van der Waals surface area (Å²) in [4.78, 5) is 33.9. The lowest BCUT2D eigenvalue weighted by atomic mass is 9.95. The fraction of sp³-hybridized carbons (Fsp3) is 0.375. The Morgan fingerprint density at radius 1 is 1.16 bits per heavy atom. The number of hydrogen-bond acceptors (Lipinski definition) is 7. The van der Waals surface area contributed by atoms with E-state index in [0.717, 1.165) is 13.1 Å². The average molecular weight is 437 g/mol. The molecule has 1 aromatic heterocycles. The van der Waals surface area contributed by atoms with Gasteiger partial charge in [-0.15, -0.1) is 0 Å². The van der Waals surface area contributed by atoms with Crippen LogP contribution in [0.25, 0.3) is 5.76 Å². The van der Waals surface area contributed by atoms with Gasteiger partial charge < -0.3 is 19.5 Å². The van der Waals surface area contributed by atoms with Crippen molar-refractivity contribution < 1.29 is 24.2 Å². The molecule has 0 spiro atoms. The van der Waals surface area contributed by atoms with E-state index in [2.05, 4.69) is 9.88 Å². The van der Waals surface area contributed by atoms with Crippen molar-refractivity contribution in [3.8, 4) is 5.75 Å². The average Bonchev–Trinajstić information content (AvgIpc) is 3.09. The van der Waals surface area contributed by atoms with Crippen molar-refractivity contribution in [3.05, 3.63) is 65.5 Å². The minimum Gasteiger partial charge on any atom is -0.507 e. The molecule has 8 nitrogen and oxygen atoms in total. The SMILES string of the molecule is CCOc1cccc(C2C(=C(O)c3ccncc3)C(=O)C(=O)N2CCN2CCOCC2)c1. The number of amides is 1. The van der Waals surface area contributed by atoms with E-state index in [0.29, 0.717) is 49.8 Å². The summed E-state index contributed by atoms with van der Waals surface area (Å²) in [6.07, 6.45) is 3.07. The molecule has 1 atom stereocenters. The number of rotatable bonds is 7. The van der Waals surface area contributed by atoms with Crippen LogP contribution in [0.5, 0.6) is 5.75 Å². The highest BCUT2D eigenvalue weighted by Gasteiger charge is 2.46.